The number of nitrogens with one attached hydrogen (secondary N) is 1. The molecule has 2 rings (SSSR count). The van der Waals surface area contributed by atoms with Gasteiger partial charge in [0.1, 0.15) is 0 Å². The van der Waals surface area contributed by atoms with Gasteiger partial charge >= 0.3 is 0 Å². The van der Waals surface area contributed by atoms with E-state index in [0.29, 0.717) is 6.04 Å². The van der Waals surface area contributed by atoms with Crippen molar-refractivity contribution in [1.29, 1.82) is 0 Å². The van der Waals surface area contributed by atoms with Crippen molar-refractivity contribution in [2.75, 3.05) is 0 Å². The van der Waals surface area contributed by atoms with Crippen molar-refractivity contribution >= 4 is 11.3 Å². The molecule has 17 heavy (non-hydrogen) atoms. The number of thiazole rings is 1. The summed E-state index contributed by atoms with van der Waals surface area (Å²) in [6.07, 6.45) is 8.38. The van der Waals surface area contributed by atoms with Crippen LogP contribution < -0.4 is 5.32 Å². The van der Waals surface area contributed by atoms with Gasteiger partial charge in [-0.25, -0.2) is 4.98 Å². The van der Waals surface area contributed by atoms with Crippen LogP contribution in [0.1, 0.15) is 56.2 Å². The summed E-state index contributed by atoms with van der Waals surface area (Å²) in [5.41, 5.74) is 1.21. The Balaban J connectivity index is 1.82. The van der Waals surface area contributed by atoms with Gasteiger partial charge in [-0.2, -0.15) is 0 Å². The van der Waals surface area contributed by atoms with E-state index in [9.17, 15) is 0 Å². The van der Waals surface area contributed by atoms with E-state index in [2.05, 4.69) is 29.5 Å². The van der Waals surface area contributed by atoms with Crippen molar-refractivity contribution in [3.63, 3.8) is 0 Å². The first-order chi connectivity index (χ1) is 8.29. The lowest BCUT2D eigenvalue weighted by molar-refractivity contribution is 0.261. The predicted molar refractivity (Wildman–Crippen MR) is 74.3 cm³/mol. The molecule has 1 unspecified atom stereocenters. The average Bonchev–Trinajstić information content (AvgIpc) is 2.77. The van der Waals surface area contributed by atoms with Gasteiger partial charge in [-0.1, -0.05) is 26.2 Å². The second kappa shape index (κ2) is 6.50. The zero-order valence-electron chi connectivity index (χ0n) is 11.0. The first-order valence-corrected chi connectivity index (χ1v) is 7.82. The molecule has 1 aromatic rings. The molecule has 0 aromatic carbocycles. The van der Waals surface area contributed by atoms with Gasteiger partial charge in [0.25, 0.3) is 0 Å². The maximum atomic E-state index is 4.52. The first kappa shape index (κ1) is 13.0. The summed E-state index contributed by atoms with van der Waals surface area (Å²) in [6.45, 7) is 5.32. The van der Waals surface area contributed by atoms with Crippen molar-refractivity contribution in [3.8, 4) is 0 Å². The minimum absolute atomic E-state index is 0.692. The number of nitrogens with zero attached hydrogens (tertiary/aromatic N) is 1. The van der Waals surface area contributed by atoms with Crippen LogP contribution in [0.2, 0.25) is 0 Å². The quantitative estimate of drug-likeness (QED) is 0.859. The second-order valence-corrected chi connectivity index (χ2v) is 6.21. The third-order valence-electron chi connectivity index (χ3n) is 3.87. The van der Waals surface area contributed by atoms with Crippen molar-refractivity contribution < 1.29 is 0 Å². The third-order valence-corrected chi connectivity index (χ3v) is 4.69. The van der Waals surface area contributed by atoms with Crippen LogP contribution in [-0.2, 0) is 6.54 Å². The van der Waals surface area contributed by atoms with Gasteiger partial charge in [-0.05, 0) is 32.1 Å². The Morgan fingerprint density at radius 2 is 2.18 bits per heavy atom. The van der Waals surface area contributed by atoms with Crippen LogP contribution in [0.4, 0.5) is 0 Å². The standard InChI is InChI=1S/C14H24N2S/c1-3-14(12-7-5-4-6-8-12)15-9-13-10-17-11(2)16-13/h10,12,14-15H,3-9H2,1-2H3. The summed E-state index contributed by atoms with van der Waals surface area (Å²) >= 11 is 1.75. The molecule has 1 fully saturated rings. The van der Waals surface area contributed by atoms with Gasteiger partial charge < -0.3 is 5.32 Å². The molecule has 3 heteroatoms. The van der Waals surface area contributed by atoms with Crippen molar-refractivity contribution in [3.05, 3.63) is 16.1 Å². The molecule has 1 aliphatic rings. The summed E-state index contributed by atoms with van der Waals surface area (Å²) in [5.74, 6) is 0.897. The van der Waals surface area contributed by atoms with Crippen LogP contribution in [0, 0.1) is 12.8 Å². The molecule has 1 aliphatic carbocycles. The van der Waals surface area contributed by atoms with E-state index in [1.165, 1.54) is 49.2 Å². The monoisotopic (exact) mass is 252 g/mol. The molecule has 1 atom stereocenters. The minimum Gasteiger partial charge on any atom is -0.308 e. The molecule has 96 valence electrons. The lowest BCUT2D eigenvalue weighted by Crippen LogP contribution is -2.36. The van der Waals surface area contributed by atoms with E-state index < -0.39 is 0 Å². The Hall–Kier alpha value is -0.410. The summed E-state index contributed by atoms with van der Waals surface area (Å²) in [4.78, 5) is 4.52. The van der Waals surface area contributed by atoms with Crippen LogP contribution in [0.3, 0.4) is 0 Å². The molecule has 0 spiro atoms. The highest BCUT2D eigenvalue weighted by atomic mass is 32.1. The summed E-state index contributed by atoms with van der Waals surface area (Å²) in [6, 6.07) is 0.692. The maximum absolute atomic E-state index is 4.52. The highest BCUT2D eigenvalue weighted by molar-refractivity contribution is 7.09. The fourth-order valence-electron chi connectivity index (χ4n) is 2.91. The smallest absolute Gasteiger partial charge is 0.0897 e. The molecule has 1 saturated carbocycles. The molecular formula is C14H24N2S. The van der Waals surface area contributed by atoms with E-state index in [1.807, 2.05) is 0 Å². The number of hydrogen-bond acceptors (Lipinski definition) is 3. The van der Waals surface area contributed by atoms with Crippen LogP contribution >= 0.6 is 11.3 Å². The predicted octanol–water partition coefficient (Wildman–Crippen LogP) is 3.90. The van der Waals surface area contributed by atoms with E-state index in [4.69, 9.17) is 0 Å². The number of aryl methyl sites for hydroxylation is 1. The lowest BCUT2D eigenvalue weighted by atomic mass is 9.83. The third kappa shape index (κ3) is 3.78. The van der Waals surface area contributed by atoms with Crippen LogP contribution in [0.15, 0.2) is 5.38 Å². The van der Waals surface area contributed by atoms with Crippen LogP contribution in [-0.4, -0.2) is 11.0 Å². The Labute approximate surface area is 109 Å². The van der Waals surface area contributed by atoms with E-state index >= 15 is 0 Å². The molecule has 1 heterocycles. The van der Waals surface area contributed by atoms with Gasteiger partial charge in [0.2, 0.25) is 0 Å². The van der Waals surface area contributed by atoms with E-state index in [0.717, 1.165) is 12.5 Å². The van der Waals surface area contributed by atoms with Crippen molar-refractivity contribution in [1.82, 2.24) is 10.3 Å². The molecule has 0 radical (unpaired) electrons. The molecule has 0 bridgehead atoms. The fraction of sp³-hybridized carbons (Fsp3) is 0.786. The summed E-state index contributed by atoms with van der Waals surface area (Å²) in [7, 11) is 0. The SMILES string of the molecule is CCC(NCc1csc(C)n1)C1CCCCC1. The van der Waals surface area contributed by atoms with Gasteiger partial charge in [0.05, 0.1) is 10.7 Å². The van der Waals surface area contributed by atoms with Crippen molar-refractivity contribution in [2.45, 2.75) is 65.0 Å². The Kier molecular flexibility index (Phi) is 4.99. The minimum atomic E-state index is 0.692. The zero-order valence-corrected chi connectivity index (χ0v) is 11.9. The number of rotatable bonds is 5. The topological polar surface area (TPSA) is 24.9 Å². The van der Waals surface area contributed by atoms with Gasteiger partial charge in [0.15, 0.2) is 0 Å². The van der Waals surface area contributed by atoms with E-state index in [1.54, 1.807) is 11.3 Å². The second-order valence-electron chi connectivity index (χ2n) is 5.15. The van der Waals surface area contributed by atoms with Crippen molar-refractivity contribution in [2.24, 2.45) is 5.92 Å². The highest BCUT2D eigenvalue weighted by Crippen LogP contribution is 2.27. The highest BCUT2D eigenvalue weighted by Gasteiger charge is 2.21. The van der Waals surface area contributed by atoms with Gasteiger partial charge in [-0.15, -0.1) is 11.3 Å². The number of aromatic nitrogens is 1. The summed E-state index contributed by atoms with van der Waals surface area (Å²) < 4.78 is 0. The molecular weight excluding hydrogens is 228 g/mol. The Bertz CT molecular complexity index is 329. The molecule has 0 saturated heterocycles. The molecule has 0 aliphatic heterocycles. The number of hydrogen-bond donors (Lipinski definition) is 1. The van der Waals surface area contributed by atoms with Gasteiger partial charge in [0, 0.05) is 18.0 Å². The maximum Gasteiger partial charge on any atom is 0.0897 e. The normalized spacial score (nSPS) is 19.4. The zero-order chi connectivity index (χ0) is 12.1. The average molecular weight is 252 g/mol. The molecule has 1 aromatic heterocycles. The molecule has 2 nitrogen and oxygen atoms in total. The van der Waals surface area contributed by atoms with Gasteiger partial charge in [-0.3, -0.25) is 0 Å². The van der Waals surface area contributed by atoms with Crippen LogP contribution in [0.5, 0.6) is 0 Å². The molecule has 0 amide bonds. The summed E-state index contributed by atoms with van der Waals surface area (Å²) in [5, 5.41) is 7.06. The Morgan fingerprint density at radius 1 is 1.41 bits per heavy atom. The lowest BCUT2D eigenvalue weighted by Gasteiger charge is -2.30. The Morgan fingerprint density at radius 3 is 2.76 bits per heavy atom. The van der Waals surface area contributed by atoms with Crippen LogP contribution in [0.25, 0.3) is 0 Å². The molecule has 1 N–H and O–H groups in total. The van der Waals surface area contributed by atoms with E-state index in [-0.39, 0.29) is 0 Å². The first-order valence-electron chi connectivity index (χ1n) is 6.94. The largest absolute Gasteiger partial charge is 0.308 e. The fourth-order valence-corrected chi connectivity index (χ4v) is 3.52.